The molecule has 0 radical (unpaired) electrons. The highest BCUT2D eigenvalue weighted by Crippen LogP contribution is 2.36. The minimum absolute atomic E-state index is 0.134. The molecule has 0 amide bonds. The van der Waals surface area contributed by atoms with Gasteiger partial charge in [0.1, 0.15) is 6.10 Å². The summed E-state index contributed by atoms with van der Waals surface area (Å²) in [5.74, 6) is -0.110. The largest absolute Gasteiger partial charge is 0.537 e. The molecule has 0 aromatic carbocycles. The summed E-state index contributed by atoms with van der Waals surface area (Å²) in [5, 5.41) is 13.3. The van der Waals surface area contributed by atoms with Crippen molar-refractivity contribution >= 4 is 31.0 Å². The predicted molar refractivity (Wildman–Crippen MR) is 85.5 cm³/mol. The molecular formula is C13H18N6O4P+. The van der Waals surface area contributed by atoms with E-state index in [1.165, 1.54) is 0 Å². The number of hydrogen-bond acceptors (Lipinski definition) is 8. The van der Waals surface area contributed by atoms with Gasteiger partial charge < -0.3 is 25.5 Å². The molecule has 3 heterocycles. The molecule has 128 valence electrons. The lowest BCUT2D eigenvalue weighted by Gasteiger charge is -2.14. The topological polar surface area (TPSA) is 148 Å². The van der Waals surface area contributed by atoms with E-state index in [0.29, 0.717) is 23.0 Å². The van der Waals surface area contributed by atoms with Crippen molar-refractivity contribution in [2.24, 2.45) is 0 Å². The molecule has 4 atom stereocenters. The zero-order chi connectivity index (χ0) is 16.8. The van der Waals surface area contributed by atoms with Crippen LogP contribution in [0.2, 0.25) is 0 Å². The van der Waals surface area contributed by atoms with Gasteiger partial charge in [0, 0.05) is 6.04 Å². The molecular weight excluding hydrogens is 335 g/mol. The fraction of sp³-hybridized carbons (Fsp3) is 0.615. The van der Waals surface area contributed by atoms with Crippen LogP contribution in [0, 0.1) is 0 Å². The molecule has 1 saturated carbocycles. The van der Waals surface area contributed by atoms with Gasteiger partial charge in [0.25, 0.3) is 5.85 Å². The molecule has 4 unspecified atom stereocenters. The Bertz CT molecular complexity index is 794. The van der Waals surface area contributed by atoms with Crippen LogP contribution in [0.25, 0.3) is 11.2 Å². The Balaban J connectivity index is 1.60. The molecule has 1 aliphatic heterocycles. The first-order valence-electron chi connectivity index (χ1n) is 7.75. The van der Waals surface area contributed by atoms with Crippen molar-refractivity contribution in [2.75, 3.05) is 11.1 Å². The van der Waals surface area contributed by atoms with Gasteiger partial charge in [-0.2, -0.15) is 14.9 Å². The maximum atomic E-state index is 11.2. The number of anilines is 2. The van der Waals surface area contributed by atoms with Gasteiger partial charge in [-0.25, -0.2) is 4.98 Å². The number of rotatable bonds is 5. The maximum Gasteiger partial charge on any atom is 0.537 e. The van der Waals surface area contributed by atoms with Crippen LogP contribution in [0.1, 0.15) is 19.3 Å². The van der Waals surface area contributed by atoms with Gasteiger partial charge in [-0.1, -0.05) is 0 Å². The van der Waals surface area contributed by atoms with E-state index in [1.807, 2.05) is 0 Å². The number of imidazole rings is 1. The van der Waals surface area contributed by atoms with Crippen LogP contribution < -0.4 is 11.1 Å². The Hall–Kier alpha value is -1.87. The smallest absolute Gasteiger partial charge is 0.390 e. The van der Waals surface area contributed by atoms with E-state index in [4.69, 9.17) is 15.4 Å². The van der Waals surface area contributed by atoms with Gasteiger partial charge in [0.15, 0.2) is 17.0 Å². The maximum absolute atomic E-state index is 11.2. The molecule has 4 rings (SSSR count). The van der Waals surface area contributed by atoms with E-state index in [2.05, 4.69) is 20.3 Å². The van der Waals surface area contributed by atoms with Crippen LogP contribution in [0.5, 0.6) is 0 Å². The Kier molecular flexibility index (Phi) is 3.84. The number of nitrogens with zero attached hydrogens (tertiary/aromatic N) is 4. The Labute approximate surface area is 137 Å². The summed E-state index contributed by atoms with van der Waals surface area (Å²) in [6.07, 6.45) is 2.48. The molecule has 1 saturated heterocycles. The molecule has 2 aromatic rings. The molecule has 0 bridgehead atoms. The summed E-state index contributed by atoms with van der Waals surface area (Å²) >= 11 is 0. The third-order valence-corrected chi connectivity index (χ3v) is 5.05. The van der Waals surface area contributed by atoms with Crippen LogP contribution in [0.15, 0.2) is 6.33 Å². The minimum atomic E-state index is -2.48. The third kappa shape index (κ3) is 2.93. The van der Waals surface area contributed by atoms with Gasteiger partial charge in [-0.05, 0) is 17.4 Å². The summed E-state index contributed by atoms with van der Waals surface area (Å²) in [5.41, 5.74) is 6.94. The zero-order valence-corrected chi connectivity index (χ0v) is 13.6. The second-order valence-electron chi connectivity index (χ2n) is 6.15. The van der Waals surface area contributed by atoms with Gasteiger partial charge in [-0.3, -0.25) is 0 Å². The normalized spacial score (nSPS) is 27.6. The summed E-state index contributed by atoms with van der Waals surface area (Å²) in [6.45, 7) is 0.261. The zero-order valence-electron chi connectivity index (χ0n) is 12.7. The second-order valence-corrected chi connectivity index (χ2v) is 7.33. The first-order valence-corrected chi connectivity index (χ1v) is 9.03. The summed E-state index contributed by atoms with van der Waals surface area (Å²) in [6, 6.07) is 0.397. The molecule has 5 N–H and O–H groups in total. The van der Waals surface area contributed by atoms with Crippen LogP contribution in [-0.2, 0) is 15.8 Å². The average Bonchev–Trinajstić information content (AvgIpc) is 3.13. The fourth-order valence-electron chi connectivity index (χ4n) is 2.82. The highest BCUT2D eigenvalue weighted by atomic mass is 31.1. The number of nitrogens with one attached hydrogen (secondary N) is 1. The quantitative estimate of drug-likeness (QED) is 0.553. The van der Waals surface area contributed by atoms with Crippen molar-refractivity contribution in [3.8, 4) is 0 Å². The number of aromatic nitrogens is 4. The SMILES string of the molecule is Nc1nc(NC2CC2)c2ncn(CC3OC([P+](=O)O)CC3O)c2n1. The van der Waals surface area contributed by atoms with Crippen LogP contribution >= 0.6 is 8.03 Å². The van der Waals surface area contributed by atoms with E-state index < -0.39 is 26.1 Å². The van der Waals surface area contributed by atoms with E-state index in [-0.39, 0.29) is 18.9 Å². The molecule has 24 heavy (non-hydrogen) atoms. The monoisotopic (exact) mass is 353 g/mol. The molecule has 11 heteroatoms. The summed E-state index contributed by atoms with van der Waals surface area (Å²) in [7, 11) is -2.48. The van der Waals surface area contributed by atoms with Gasteiger partial charge in [0.2, 0.25) is 5.95 Å². The summed E-state index contributed by atoms with van der Waals surface area (Å²) in [4.78, 5) is 21.9. The lowest BCUT2D eigenvalue weighted by atomic mass is 10.2. The number of ether oxygens (including phenoxy) is 1. The van der Waals surface area contributed by atoms with Crippen molar-refractivity contribution in [1.82, 2.24) is 19.5 Å². The van der Waals surface area contributed by atoms with Crippen molar-refractivity contribution in [2.45, 2.75) is 49.9 Å². The van der Waals surface area contributed by atoms with Gasteiger partial charge in [-0.15, -0.1) is 0 Å². The summed E-state index contributed by atoms with van der Waals surface area (Å²) < 4.78 is 18.3. The highest BCUT2D eigenvalue weighted by Gasteiger charge is 2.45. The first-order chi connectivity index (χ1) is 11.5. The second kappa shape index (κ2) is 5.89. The highest BCUT2D eigenvalue weighted by molar-refractivity contribution is 7.38. The molecule has 0 spiro atoms. The standard InChI is InChI=1S/C13H17N6O4P/c14-13-17-11(16-6-1-2-6)10-12(18-13)19(5-15-10)4-8-7(20)3-9(23-8)24(21)22/h5-9,20H,1-4H2,(H3-,14,16,17,18,21,22)/p+1. The van der Waals surface area contributed by atoms with Crippen molar-refractivity contribution in [3.05, 3.63) is 6.33 Å². The first kappa shape index (κ1) is 15.6. The van der Waals surface area contributed by atoms with Gasteiger partial charge >= 0.3 is 8.03 Å². The van der Waals surface area contributed by atoms with Crippen molar-refractivity contribution in [3.63, 3.8) is 0 Å². The molecule has 2 aliphatic rings. The lowest BCUT2D eigenvalue weighted by molar-refractivity contribution is 0.0205. The van der Waals surface area contributed by atoms with E-state index >= 15 is 0 Å². The Morgan fingerprint density at radius 2 is 2.25 bits per heavy atom. The molecule has 2 aromatic heterocycles. The molecule has 2 fully saturated rings. The number of aliphatic hydroxyl groups is 1. The van der Waals surface area contributed by atoms with Crippen molar-refractivity contribution < 1.29 is 19.3 Å². The fourth-order valence-corrected chi connectivity index (χ4v) is 3.48. The number of aliphatic hydroxyl groups excluding tert-OH is 1. The molecule has 10 nitrogen and oxygen atoms in total. The lowest BCUT2D eigenvalue weighted by Crippen LogP contribution is -2.26. The van der Waals surface area contributed by atoms with Crippen molar-refractivity contribution in [1.29, 1.82) is 0 Å². The van der Waals surface area contributed by atoms with Crippen LogP contribution in [0.3, 0.4) is 0 Å². The Morgan fingerprint density at radius 1 is 1.46 bits per heavy atom. The van der Waals surface area contributed by atoms with E-state index in [9.17, 15) is 9.67 Å². The number of nitrogens with two attached hydrogens (primary N) is 1. The number of hydrogen-bond donors (Lipinski definition) is 4. The van der Waals surface area contributed by atoms with Crippen LogP contribution in [-0.4, -0.2) is 53.6 Å². The molecule has 1 aliphatic carbocycles. The Morgan fingerprint density at radius 3 is 2.92 bits per heavy atom. The minimum Gasteiger partial charge on any atom is -0.390 e. The number of nitrogen functional groups attached to an aromatic ring is 1. The average molecular weight is 353 g/mol. The van der Waals surface area contributed by atoms with E-state index in [1.54, 1.807) is 10.9 Å². The predicted octanol–water partition coefficient (Wildman–Crippen LogP) is 0.193. The van der Waals surface area contributed by atoms with Crippen LogP contribution in [0.4, 0.5) is 11.8 Å². The van der Waals surface area contributed by atoms with Gasteiger partial charge in [0.05, 0.1) is 25.4 Å². The third-order valence-electron chi connectivity index (χ3n) is 4.23. The van der Waals surface area contributed by atoms with E-state index in [0.717, 1.165) is 12.8 Å². The number of fused-ring (bicyclic) bond motifs is 1.